The number of carbonyl (C=O) groups is 2. The Morgan fingerprint density at radius 1 is 1.25 bits per heavy atom. The SMILES string of the molecule is CC(C)C(=O)NCc1ccc(C(=O)N2Cc3cnn(C)c3Nc3cc(N)ccc32)cc1F. The van der Waals surface area contributed by atoms with Gasteiger partial charge in [-0.15, -0.1) is 0 Å². The van der Waals surface area contributed by atoms with Crippen LogP contribution in [0.3, 0.4) is 0 Å². The lowest BCUT2D eigenvalue weighted by Gasteiger charge is -2.23. The Morgan fingerprint density at radius 3 is 2.75 bits per heavy atom. The third-order valence-corrected chi connectivity index (χ3v) is 5.43. The third kappa shape index (κ3) is 4.01. The number of nitrogen functional groups attached to an aromatic ring is 1. The van der Waals surface area contributed by atoms with E-state index in [1.54, 1.807) is 60.9 Å². The number of fused-ring (bicyclic) bond motifs is 2. The van der Waals surface area contributed by atoms with Crippen LogP contribution in [0.5, 0.6) is 0 Å². The zero-order valence-electron chi connectivity index (χ0n) is 18.1. The molecule has 2 aromatic carbocycles. The average molecular weight is 436 g/mol. The van der Waals surface area contributed by atoms with Crippen molar-refractivity contribution in [3.05, 3.63) is 65.1 Å². The fraction of sp³-hybridized carbons (Fsp3) is 0.261. The number of amides is 2. The van der Waals surface area contributed by atoms with Crippen LogP contribution in [0.4, 0.5) is 27.3 Å². The number of nitrogens with two attached hydrogens (primary N) is 1. The van der Waals surface area contributed by atoms with E-state index in [2.05, 4.69) is 15.7 Å². The Kier molecular flexibility index (Phi) is 5.56. The largest absolute Gasteiger partial charge is 0.399 e. The van der Waals surface area contributed by atoms with Crippen LogP contribution < -0.4 is 21.3 Å². The van der Waals surface area contributed by atoms with Crippen LogP contribution in [-0.2, 0) is 24.9 Å². The van der Waals surface area contributed by atoms with Crippen LogP contribution in [0.15, 0.2) is 42.6 Å². The quantitative estimate of drug-likeness (QED) is 0.544. The summed E-state index contributed by atoms with van der Waals surface area (Å²) in [6.07, 6.45) is 1.69. The highest BCUT2D eigenvalue weighted by molar-refractivity contribution is 6.08. The molecule has 4 rings (SSSR count). The lowest BCUT2D eigenvalue weighted by atomic mass is 10.1. The predicted octanol–water partition coefficient (Wildman–Crippen LogP) is 3.32. The Morgan fingerprint density at radius 2 is 2.03 bits per heavy atom. The highest BCUT2D eigenvalue weighted by Gasteiger charge is 2.27. The Labute approximate surface area is 185 Å². The number of benzene rings is 2. The molecule has 0 saturated carbocycles. The van der Waals surface area contributed by atoms with E-state index in [1.165, 1.54) is 12.1 Å². The van der Waals surface area contributed by atoms with E-state index in [-0.39, 0.29) is 36.4 Å². The summed E-state index contributed by atoms with van der Waals surface area (Å²) in [6.45, 7) is 3.86. The molecule has 166 valence electrons. The Balaban J connectivity index is 1.65. The summed E-state index contributed by atoms with van der Waals surface area (Å²) in [7, 11) is 1.81. The van der Waals surface area contributed by atoms with E-state index in [9.17, 15) is 14.0 Å². The van der Waals surface area contributed by atoms with Gasteiger partial charge in [0.25, 0.3) is 5.91 Å². The summed E-state index contributed by atoms with van der Waals surface area (Å²) in [5.41, 5.74) is 9.15. The molecule has 32 heavy (non-hydrogen) atoms. The Hall–Kier alpha value is -3.88. The third-order valence-electron chi connectivity index (χ3n) is 5.43. The maximum absolute atomic E-state index is 14.7. The van der Waals surface area contributed by atoms with Crippen molar-refractivity contribution < 1.29 is 14.0 Å². The van der Waals surface area contributed by atoms with Gasteiger partial charge in [-0.1, -0.05) is 19.9 Å². The van der Waals surface area contributed by atoms with Gasteiger partial charge in [-0.05, 0) is 30.3 Å². The standard InChI is InChI=1S/C23H25FN6O2/c1-13(2)22(31)26-10-15-5-4-14(8-18(15)24)23(32)30-12-16-11-27-29(3)21(16)28-19-9-17(25)6-7-20(19)30/h4-9,11,13,28H,10,12,25H2,1-3H3,(H,26,31). The van der Waals surface area contributed by atoms with Crippen molar-refractivity contribution in [3.8, 4) is 0 Å². The van der Waals surface area contributed by atoms with Crippen LogP contribution in [0.1, 0.15) is 35.3 Å². The number of hydrogen-bond acceptors (Lipinski definition) is 5. The maximum Gasteiger partial charge on any atom is 0.258 e. The first kappa shape index (κ1) is 21.4. The fourth-order valence-electron chi connectivity index (χ4n) is 3.58. The van der Waals surface area contributed by atoms with E-state index in [0.29, 0.717) is 22.6 Å². The van der Waals surface area contributed by atoms with Gasteiger partial charge in [0, 0.05) is 41.9 Å². The molecule has 0 radical (unpaired) electrons. The molecule has 0 atom stereocenters. The molecular weight excluding hydrogens is 411 g/mol. The molecule has 3 aromatic rings. The Bertz CT molecular complexity index is 1200. The van der Waals surface area contributed by atoms with Gasteiger partial charge in [0.15, 0.2) is 0 Å². The van der Waals surface area contributed by atoms with Crippen LogP contribution in [-0.4, -0.2) is 21.6 Å². The topological polar surface area (TPSA) is 105 Å². The monoisotopic (exact) mass is 436 g/mol. The number of aromatic nitrogens is 2. The second-order valence-corrected chi connectivity index (χ2v) is 8.11. The first-order valence-corrected chi connectivity index (χ1v) is 10.3. The van der Waals surface area contributed by atoms with Gasteiger partial charge in [0.05, 0.1) is 24.1 Å². The van der Waals surface area contributed by atoms with Crippen molar-refractivity contribution in [2.24, 2.45) is 13.0 Å². The number of halogens is 1. The van der Waals surface area contributed by atoms with Crippen molar-refractivity contribution in [3.63, 3.8) is 0 Å². The van der Waals surface area contributed by atoms with Crippen molar-refractivity contribution in [1.29, 1.82) is 0 Å². The van der Waals surface area contributed by atoms with Gasteiger partial charge >= 0.3 is 0 Å². The van der Waals surface area contributed by atoms with Gasteiger partial charge in [0.1, 0.15) is 11.6 Å². The fourth-order valence-corrected chi connectivity index (χ4v) is 3.58. The summed E-state index contributed by atoms with van der Waals surface area (Å²) in [6, 6.07) is 9.54. The highest BCUT2D eigenvalue weighted by Crippen LogP contribution is 2.37. The molecule has 0 saturated heterocycles. The summed E-state index contributed by atoms with van der Waals surface area (Å²) < 4.78 is 16.4. The summed E-state index contributed by atoms with van der Waals surface area (Å²) in [5, 5.41) is 10.2. The van der Waals surface area contributed by atoms with Crippen LogP contribution in [0.25, 0.3) is 0 Å². The zero-order valence-corrected chi connectivity index (χ0v) is 18.1. The number of carbonyl (C=O) groups excluding carboxylic acids is 2. The number of anilines is 4. The molecule has 1 aliphatic heterocycles. The molecule has 0 bridgehead atoms. The van der Waals surface area contributed by atoms with Gasteiger partial charge < -0.3 is 21.3 Å². The number of nitrogens with zero attached hydrogens (tertiary/aromatic N) is 3. The molecule has 0 unspecified atom stereocenters. The van der Waals surface area contributed by atoms with Crippen molar-refractivity contribution in [2.75, 3.05) is 16.0 Å². The second-order valence-electron chi connectivity index (χ2n) is 8.11. The number of nitrogens with one attached hydrogen (secondary N) is 2. The maximum atomic E-state index is 14.7. The minimum Gasteiger partial charge on any atom is -0.399 e. The van der Waals surface area contributed by atoms with E-state index in [1.807, 2.05) is 0 Å². The molecule has 1 aromatic heterocycles. The minimum atomic E-state index is -0.549. The molecule has 2 heterocycles. The van der Waals surface area contributed by atoms with Gasteiger partial charge in [-0.3, -0.25) is 14.3 Å². The van der Waals surface area contributed by atoms with Gasteiger partial charge in [0.2, 0.25) is 5.91 Å². The molecule has 1 aliphatic rings. The first-order valence-electron chi connectivity index (χ1n) is 10.3. The van der Waals surface area contributed by atoms with E-state index in [4.69, 9.17) is 5.73 Å². The van der Waals surface area contributed by atoms with E-state index in [0.717, 1.165) is 11.4 Å². The molecule has 9 heteroatoms. The highest BCUT2D eigenvalue weighted by atomic mass is 19.1. The van der Waals surface area contributed by atoms with Crippen LogP contribution >= 0.6 is 0 Å². The van der Waals surface area contributed by atoms with Gasteiger partial charge in [-0.25, -0.2) is 4.39 Å². The summed E-state index contributed by atoms with van der Waals surface area (Å²) >= 11 is 0. The first-order chi connectivity index (χ1) is 15.2. The van der Waals surface area contributed by atoms with E-state index >= 15 is 0 Å². The molecule has 4 N–H and O–H groups in total. The smallest absolute Gasteiger partial charge is 0.258 e. The van der Waals surface area contributed by atoms with Crippen molar-refractivity contribution >= 4 is 34.7 Å². The van der Waals surface area contributed by atoms with Crippen LogP contribution in [0, 0.1) is 11.7 Å². The van der Waals surface area contributed by atoms with Crippen LogP contribution in [0.2, 0.25) is 0 Å². The average Bonchev–Trinajstić information content (AvgIpc) is 3.00. The molecule has 0 spiro atoms. The second kappa shape index (κ2) is 8.33. The normalized spacial score (nSPS) is 12.6. The van der Waals surface area contributed by atoms with E-state index < -0.39 is 5.82 Å². The van der Waals surface area contributed by atoms with Crippen molar-refractivity contribution in [2.45, 2.75) is 26.9 Å². The number of aryl methyl sites for hydroxylation is 1. The summed E-state index contributed by atoms with van der Waals surface area (Å²) in [4.78, 5) is 26.8. The molecule has 0 fully saturated rings. The summed E-state index contributed by atoms with van der Waals surface area (Å²) in [5.74, 6) is -0.500. The number of hydrogen-bond donors (Lipinski definition) is 3. The molecule has 2 amide bonds. The zero-order chi connectivity index (χ0) is 23.0. The molecule has 0 aliphatic carbocycles. The van der Waals surface area contributed by atoms with Gasteiger partial charge in [-0.2, -0.15) is 5.10 Å². The lowest BCUT2D eigenvalue weighted by Crippen LogP contribution is -2.30. The lowest BCUT2D eigenvalue weighted by molar-refractivity contribution is -0.124. The number of rotatable bonds is 4. The molecule has 8 nitrogen and oxygen atoms in total. The van der Waals surface area contributed by atoms with Crippen molar-refractivity contribution in [1.82, 2.24) is 15.1 Å². The predicted molar refractivity (Wildman–Crippen MR) is 121 cm³/mol. The molecular formula is C23H25FN6O2. The minimum absolute atomic E-state index is 0.0616.